The van der Waals surface area contributed by atoms with Crippen molar-refractivity contribution in [2.24, 2.45) is 5.92 Å². The van der Waals surface area contributed by atoms with Crippen LogP contribution >= 0.6 is 0 Å². The summed E-state index contributed by atoms with van der Waals surface area (Å²) in [4.78, 5) is 12.0. The van der Waals surface area contributed by atoms with Gasteiger partial charge in [0, 0.05) is 18.7 Å². The molecule has 0 bridgehead atoms. The van der Waals surface area contributed by atoms with Crippen molar-refractivity contribution in [3.05, 3.63) is 29.8 Å². The van der Waals surface area contributed by atoms with E-state index in [-0.39, 0.29) is 11.9 Å². The van der Waals surface area contributed by atoms with E-state index in [2.05, 4.69) is 5.32 Å². The molecule has 0 heterocycles. The van der Waals surface area contributed by atoms with Gasteiger partial charge in [0.25, 0.3) is 5.91 Å². The van der Waals surface area contributed by atoms with Crippen LogP contribution in [-0.4, -0.2) is 33.7 Å². The van der Waals surface area contributed by atoms with Crippen LogP contribution in [0.2, 0.25) is 0 Å². The molecule has 0 saturated carbocycles. The van der Waals surface area contributed by atoms with Crippen molar-refractivity contribution in [1.29, 1.82) is 0 Å². The van der Waals surface area contributed by atoms with E-state index >= 15 is 0 Å². The van der Waals surface area contributed by atoms with Gasteiger partial charge in [0.2, 0.25) is 10.0 Å². The van der Waals surface area contributed by atoms with E-state index in [0.717, 1.165) is 6.26 Å². The maximum Gasteiger partial charge on any atom is 0.251 e. The Morgan fingerprint density at radius 1 is 1.15 bits per heavy atom. The third-order valence-corrected chi connectivity index (χ3v) is 4.56. The van der Waals surface area contributed by atoms with Crippen molar-refractivity contribution in [2.75, 3.05) is 17.6 Å². The van der Waals surface area contributed by atoms with E-state index in [4.69, 9.17) is 0 Å². The summed E-state index contributed by atoms with van der Waals surface area (Å²) in [5, 5.41) is 2.90. The molecule has 1 atom stereocenters. The molecule has 0 saturated heterocycles. The van der Waals surface area contributed by atoms with E-state index in [9.17, 15) is 13.2 Å². The second-order valence-corrected chi connectivity index (χ2v) is 7.30. The fraction of sp³-hybridized carbons (Fsp3) is 0.500. The van der Waals surface area contributed by atoms with Gasteiger partial charge in [-0.3, -0.25) is 9.10 Å². The first-order valence-corrected chi connectivity index (χ1v) is 8.32. The van der Waals surface area contributed by atoms with Crippen molar-refractivity contribution >= 4 is 21.6 Å². The van der Waals surface area contributed by atoms with Gasteiger partial charge in [-0.1, -0.05) is 13.8 Å². The van der Waals surface area contributed by atoms with Gasteiger partial charge in [-0.15, -0.1) is 0 Å². The topological polar surface area (TPSA) is 66.5 Å². The molecule has 0 radical (unpaired) electrons. The lowest BCUT2D eigenvalue weighted by molar-refractivity contribution is 0.0930. The van der Waals surface area contributed by atoms with Crippen LogP contribution in [0.3, 0.4) is 0 Å². The Morgan fingerprint density at radius 2 is 1.65 bits per heavy atom. The Morgan fingerprint density at radius 3 is 2.05 bits per heavy atom. The molecule has 1 amide bonds. The van der Waals surface area contributed by atoms with Crippen molar-refractivity contribution in [2.45, 2.75) is 26.8 Å². The number of rotatable bonds is 5. The molecule has 1 rings (SSSR count). The number of nitrogens with zero attached hydrogens (tertiary/aromatic N) is 1. The lowest BCUT2D eigenvalue weighted by Crippen LogP contribution is -2.36. The predicted octanol–water partition coefficient (Wildman–Crippen LogP) is 1.86. The molecule has 1 aromatic carbocycles. The van der Waals surface area contributed by atoms with Crippen LogP contribution in [0, 0.1) is 5.92 Å². The standard InChI is InChI=1S/C14H22N2O3S/c1-10(2)11(3)15-14(17)12-6-8-13(9-7-12)16(4)20(5,18)19/h6-11H,1-5H3,(H,15,17)/t11-/m1/s1. The van der Waals surface area contributed by atoms with Gasteiger partial charge in [-0.05, 0) is 37.1 Å². The fourth-order valence-electron chi connectivity index (χ4n) is 1.47. The van der Waals surface area contributed by atoms with Crippen LogP contribution in [0.5, 0.6) is 0 Å². The highest BCUT2D eigenvalue weighted by Crippen LogP contribution is 2.16. The first kappa shape index (κ1) is 16.5. The molecule has 5 nitrogen and oxygen atoms in total. The normalized spacial score (nSPS) is 13.1. The molecule has 20 heavy (non-hydrogen) atoms. The summed E-state index contributed by atoms with van der Waals surface area (Å²) in [5.74, 6) is 0.203. The lowest BCUT2D eigenvalue weighted by atomic mass is 10.1. The minimum Gasteiger partial charge on any atom is -0.349 e. The van der Waals surface area contributed by atoms with E-state index in [1.165, 1.54) is 11.4 Å². The summed E-state index contributed by atoms with van der Waals surface area (Å²) < 4.78 is 24.0. The molecular weight excluding hydrogens is 276 g/mol. The summed E-state index contributed by atoms with van der Waals surface area (Å²) in [6, 6.07) is 6.58. The monoisotopic (exact) mass is 298 g/mol. The molecule has 0 spiro atoms. The van der Waals surface area contributed by atoms with Gasteiger partial charge in [-0.2, -0.15) is 0 Å². The number of carbonyl (C=O) groups excluding carboxylic acids is 1. The van der Waals surface area contributed by atoms with E-state index in [1.807, 2.05) is 20.8 Å². The summed E-state index contributed by atoms with van der Waals surface area (Å²) in [7, 11) is -1.81. The zero-order valence-electron chi connectivity index (χ0n) is 12.5. The Labute approximate surface area is 121 Å². The molecule has 1 aromatic rings. The number of hydrogen-bond acceptors (Lipinski definition) is 3. The molecule has 0 aliphatic rings. The molecule has 112 valence electrons. The van der Waals surface area contributed by atoms with Crippen LogP contribution in [0.1, 0.15) is 31.1 Å². The quantitative estimate of drug-likeness (QED) is 0.902. The van der Waals surface area contributed by atoms with E-state index in [1.54, 1.807) is 24.3 Å². The van der Waals surface area contributed by atoms with E-state index < -0.39 is 10.0 Å². The van der Waals surface area contributed by atoms with Crippen LogP contribution in [0.4, 0.5) is 5.69 Å². The number of anilines is 1. The fourth-order valence-corrected chi connectivity index (χ4v) is 1.98. The zero-order chi connectivity index (χ0) is 15.5. The third kappa shape index (κ3) is 4.23. The summed E-state index contributed by atoms with van der Waals surface area (Å²) in [6.07, 6.45) is 1.14. The highest BCUT2D eigenvalue weighted by atomic mass is 32.2. The Hall–Kier alpha value is -1.56. The van der Waals surface area contributed by atoms with Crippen molar-refractivity contribution in [3.63, 3.8) is 0 Å². The summed E-state index contributed by atoms with van der Waals surface area (Å²) in [5.41, 5.74) is 1.05. The Bertz CT molecular complexity index is 565. The molecule has 0 fully saturated rings. The number of hydrogen-bond donors (Lipinski definition) is 1. The molecule has 0 aromatic heterocycles. The molecule has 0 aliphatic carbocycles. The largest absolute Gasteiger partial charge is 0.349 e. The average molecular weight is 298 g/mol. The predicted molar refractivity (Wildman–Crippen MR) is 81.5 cm³/mol. The minimum atomic E-state index is -3.29. The first-order chi connectivity index (χ1) is 9.12. The van der Waals surface area contributed by atoms with Gasteiger partial charge in [0.05, 0.1) is 11.9 Å². The van der Waals surface area contributed by atoms with Crippen LogP contribution in [-0.2, 0) is 10.0 Å². The lowest BCUT2D eigenvalue weighted by Gasteiger charge is -2.19. The second-order valence-electron chi connectivity index (χ2n) is 5.28. The Kier molecular flexibility index (Phi) is 5.16. The van der Waals surface area contributed by atoms with Crippen LogP contribution < -0.4 is 9.62 Å². The molecule has 6 heteroatoms. The molecule has 0 unspecified atom stereocenters. The third-order valence-electron chi connectivity index (χ3n) is 3.35. The second kappa shape index (κ2) is 6.26. The first-order valence-electron chi connectivity index (χ1n) is 6.47. The number of sulfonamides is 1. The number of nitrogens with one attached hydrogen (secondary N) is 1. The summed E-state index contributed by atoms with van der Waals surface area (Å²) >= 11 is 0. The van der Waals surface area contributed by atoms with Gasteiger partial charge >= 0.3 is 0 Å². The van der Waals surface area contributed by atoms with Crippen LogP contribution in [0.15, 0.2) is 24.3 Å². The molecule has 0 aliphatic heterocycles. The number of amides is 1. The Balaban J connectivity index is 2.84. The summed E-state index contributed by atoms with van der Waals surface area (Å²) in [6.45, 7) is 6.03. The van der Waals surface area contributed by atoms with Crippen molar-refractivity contribution < 1.29 is 13.2 Å². The average Bonchev–Trinajstić information content (AvgIpc) is 2.36. The maximum absolute atomic E-state index is 12.0. The van der Waals surface area contributed by atoms with E-state index in [0.29, 0.717) is 17.2 Å². The highest BCUT2D eigenvalue weighted by Gasteiger charge is 2.14. The SMILES string of the molecule is CC(C)[C@@H](C)NC(=O)c1ccc(N(C)S(C)(=O)=O)cc1. The van der Waals surface area contributed by atoms with Gasteiger partial charge in [-0.25, -0.2) is 8.42 Å². The minimum absolute atomic E-state index is 0.0841. The number of carbonyl (C=O) groups is 1. The zero-order valence-corrected chi connectivity index (χ0v) is 13.4. The highest BCUT2D eigenvalue weighted by molar-refractivity contribution is 7.92. The van der Waals surface area contributed by atoms with Crippen molar-refractivity contribution in [3.8, 4) is 0 Å². The van der Waals surface area contributed by atoms with Crippen molar-refractivity contribution in [1.82, 2.24) is 5.32 Å². The van der Waals surface area contributed by atoms with Gasteiger partial charge in [0.1, 0.15) is 0 Å². The smallest absolute Gasteiger partial charge is 0.251 e. The molecular formula is C14H22N2O3S. The molecule has 1 N–H and O–H groups in total. The maximum atomic E-state index is 12.0. The number of benzene rings is 1. The van der Waals surface area contributed by atoms with Gasteiger partial charge < -0.3 is 5.32 Å². The van der Waals surface area contributed by atoms with Crippen LogP contribution in [0.25, 0.3) is 0 Å². The van der Waals surface area contributed by atoms with Gasteiger partial charge in [0.15, 0.2) is 0 Å².